The van der Waals surface area contributed by atoms with Crippen molar-refractivity contribution in [2.45, 2.75) is 70.7 Å². The fourth-order valence-corrected chi connectivity index (χ4v) is 4.55. The topological polar surface area (TPSA) is 79.9 Å². The first-order valence-corrected chi connectivity index (χ1v) is 15.2. The Labute approximate surface area is 189 Å². The van der Waals surface area contributed by atoms with Crippen molar-refractivity contribution >= 4 is 30.8 Å². The normalized spacial score (nSPS) is 16.7. The second kappa shape index (κ2) is 9.36. The van der Waals surface area contributed by atoms with Gasteiger partial charge in [0.25, 0.3) is 0 Å². The van der Waals surface area contributed by atoms with E-state index in [2.05, 4.69) is 41.3 Å². The minimum absolute atomic E-state index is 0.212. The molecule has 1 fully saturated rings. The Kier molecular flexibility index (Phi) is 6.76. The van der Waals surface area contributed by atoms with Gasteiger partial charge >= 0.3 is 0 Å². The fraction of sp³-hybridized carbons (Fsp3) is 0.619. The van der Waals surface area contributed by atoms with Crippen molar-refractivity contribution in [1.82, 2.24) is 29.3 Å². The first-order chi connectivity index (χ1) is 14.9. The van der Waals surface area contributed by atoms with Crippen molar-refractivity contribution < 1.29 is 9.47 Å². The summed E-state index contributed by atoms with van der Waals surface area (Å²) in [6.07, 6.45) is 3.89. The molecule has 1 aliphatic rings. The molecular formula is C21H31ClN6O2Si. The molecule has 3 aromatic rings. The first-order valence-electron chi connectivity index (χ1n) is 10.9. The third-order valence-electron chi connectivity index (χ3n) is 5.58. The molecule has 0 saturated carbocycles. The molecule has 31 heavy (non-hydrogen) atoms. The average molecular weight is 463 g/mol. The zero-order chi connectivity index (χ0) is 22.0. The van der Waals surface area contributed by atoms with E-state index in [4.69, 9.17) is 31.0 Å². The monoisotopic (exact) mass is 462 g/mol. The fourth-order valence-electron chi connectivity index (χ4n) is 3.59. The van der Waals surface area contributed by atoms with Crippen molar-refractivity contribution in [3.8, 4) is 11.4 Å². The lowest BCUT2D eigenvalue weighted by Gasteiger charge is -2.27. The lowest BCUT2D eigenvalue weighted by Crippen LogP contribution is -2.31. The maximum atomic E-state index is 6.16. The van der Waals surface area contributed by atoms with Crippen LogP contribution in [0.5, 0.6) is 0 Å². The lowest BCUT2D eigenvalue weighted by atomic mass is 10.2. The largest absolute Gasteiger partial charge is 0.376 e. The van der Waals surface area contributed by atoms with E-state index in [-0.39, 0.29) is 6.10 Å². The maximum absolute atomic E-state index is 6.16. The number of ether oxygens (including phenoxy) is 2. The number of halogens is 1. The molecule has 0 amide bonds. The molecule has 8 nitrogen and oxygen atoms in total. The molecular weight excluding hydrogens is 432 g/mol. The van der Waals surface area contributed by atoms with Crippen LogP contribution in [0.1, 0.15) is 25.0 Å². The summed E-state index contributed by atoms with van der Waals surface area (Å²) in [5.74, 6) is 2.79. The molecule has 3 aromatic heterocycles. The highest BCUT2D eigenvalue weighted by Gasteiger charge is 2.23. The molecule has 0 N–H and O–H groups in total. The number of alkyl halides is 1. The molecule has 0 spiro atoms. The summed E-state index contributed by atoms with van der Waals surface area (Å²) in [5, 5.41) is 8.80. The van der Waals surface area contributed by atoms with Gasteiger partial charge < -0.3 is 14.0 Å². The van der Waals surface area contributed by atoms with E-state index in [1.54, 1.807) is 0 Å². The number of nitrogens with zero attached hydrogens (tertiary/aromatic N) is 6. The number of fused-ring (bicyclic) bond motifs is 1. The summed E-state index contributed by atoms with van der Waals surface area (Å²) in [6.45, 7) is 11.9. The lowest BCUT2D eigenvalue weighted by molar-refractivity contribution is -0.0590. The zero-order valence-electron chi connectivity index (χ0n) is 18.8. The maximum Gasteiger partial charge on any atom is 0.167 e. The Bertz CT molecular complexity index is 1040. The van der Waals surface area contributed by atoms with Gasteiger partial charge in [0.05, 0.1) is 18.5 Å². The Balaban J connectivity index is 1.60. The molecule has 0 radical (unpaired) electrons. The van der Waals surface area contributed by atoms with Crippen LogP contribution >= 0.6 is 11.6 Å². The van der Waals surface area contributed by atoms with E-state index < -0.39 is 8.07 Å². The molecule has 1 atom stereocenters. The van der Waals surface area contributed by atoms with Crippen LogP contribution in [-0.4, -0.2) is 56.7 Å². The summed E-state index contributed by atoms with van der Waals surface area (Å²) in [5.41, 5.74) is 2.50. The van der Waals surface area contributed by atoms with Crippen LogP contribution in [0.4, 0.5) is 0 Å². The number of aromatic nitrogens is 6. The predicted molar refractivity (Wildman–Crippen MR) is 124 cm³/mol. The van der Waals surface area contributed by atoms with Gasteiger partial charge in [-0.05, 0) is 18.5 Å². The van der Waals surface area contributed by atoms with Gasteiger partial charge in [0, 0.05) is 39.5 Å². The van der Waals surface area contributed by atoms with E-state index in [1.807, 2.05) is 16.8 Å². The molecule has 0 bridgehead atoms. The van der Waals surface area contributed by atoms with Crippen molar-refractivity contribution in [3.05, 3.63) is 23.9 Å². The Morgan fingerprint density at radius 2 is 2.03 bits per heavy atom. The van der Waals surface area contributed by atoms with Gasteiger partial charge in [0.15, 0.2) is 11.5 Å². The van der Waals surface area contributed by atoms with E-state index in [1.165, 1.54) is 0 Å². The third kappa shape index (κ3) is 5.00. The number of rotatable bonds is 10. The summed E-state index contributed by atoms with van der Waals surface area (Å²) < 4.78 is 15.7. The molecule has 1 unspecified atom stereocenters. The first kappa shape index (κ1) is 22.4. The SMILES string of the molecule is CCc1nnc(-c2cnc3c(c2)nc(CCl)n3CC2CCO2)n1COCC[Si](C)(C)C. The highest BCUT2D eigenvalue weighted by molar-refractivity contribution is 6.76. The van der Waals surface area contributed by atoms with Crippen LogP contribution in [0.15, 0.2) is 12.3 Å². The van der Waals surface area contributed by atoms with E-state index >= 15 is 0 Å². The standard InChI is InChI=1S/C21H31ClN6O2Si/c1-5-18-25-26-20(28(18)14-29-8-9-31(2,3)4)15-10-17-21(23-12-15)27(19(11-22)24-17)13-16-6-7-30-16/h10,12,16H,5-9,11,13-14H2,1-4H3. The van der Waals surface area contributed by atoms with Gasteiger partial charge in [0.1, 0.15) is 23.9 Å². The highest BCUT2D eigenvalue weighted by atomic mass is 35.5. The van der Waals surface area contributed by atoms with Crippen LogP contribution in [-0.2, 0) is 35.1 Å². The molecule has 1 saturated heterocycles. The van der Waals surface area contributed by atoms with Gasteiger partial charge in [0.2, 0.25) is 0 Å². The number of imidazole rings is 1. The minimum atomic E-state index is -1.13. The van der Waals surface area contributed by atoms with Crippen LogP contribution in [0, 0.1) is 0 Å². The molecule has 10 heteroatoms. The molecule has 0 aromatic carbocycles. The van der Waals surface area contributed by atoms with Crippen molar-refractivity contribution in [3.63, 3.8) is 0 Å². The van der Waals surface area contributed by atoms with Gasteiger partial charge in [-0.25, -0.2) is 9.97 Å². The van der Waals surface area contributed by atoms with Crippen LogP contribution < -0.4 is 0 Å². The quantitative estimate of drug-likeness (QED) is 0.256. The summed E-state index contributed by atoms with van der Waals surface area (Å²) in [6, 6.07) is 3.14. The molecule has 4 heterocycles. The number of hydrogen-bond acceptors (Lipinski definition) is 6. The Morgan fingerprint density at radius 3 is 2.68 bits per heavy atom. The van der Waals surface area contributed by atoms with Gasteiger partial charge in [-0.1, -0.05) is 26.6 Å². The molecule has 4 rings (SSSR count). The molecule has 0 aliphatic carbocycles. The van der Waals surface area contributed by atoms with Crippen molar-refractivity contribution in [2.75, 3.05) is 13.2 Å². The smallest absolute Gasteiger partial charge is 0.167 e. The summed E-state index contributed by atoms with van der Waals surface area (Å²) in [7, 11) is -1.13. The summed E-state index contributed by atoms with van der Waals surface area (Å²) >= 11 is 6.16. The Hall–Kier alpha value is -1.81. The minimum Gasteiger partial charge on any atom is -0.376 e. The van der Waals surface area contributed by atoms with Crippen molar-refractivity contribution in [2.24, 2.45) is 0 Å². The second-order valence-electron chi connectivity index (χ2n) is 9.19. The van der Waals surface area contributed by atoms with Gasteiger partial charge in [-0.3, -0.25) is 4.57 Å². The van der Waals surface area contributed by atoms with Crippen LogP contribution in [0.2, 0.25) is 25.7 Å². The highest BCUT2D eigenvalue weighted by Crippen LogP contribution is 2.25. The number of pyridine rings is 1. The van der Waals surface area contributed by atoms with Crippen LogP contribution in [0.25, 0.3) is 22.6 Å². The third-order valence-corrected chi connectivity index (χ3v) is 7.52. The Morgan fingerprint density at radius 1 is 1.23 bits per heavy atom. The van der Waals surface area contributed by atoms with Crippen LogP contribution in [0.3, 0.4) is 0 Å². The van der Waals surface area contributed by atoms with Gasteiger partial charge in [-0.15, -0.1) is 21.8 Å². The molecule has 168 valence electrons. The predicted octanol–water partition coefficient (Wildman–Crippen LogP) is 4.09. The number of hydrogen-bond donors (Lipinski definition) is 0. The zero-order valence-corrected chi connectivity index (χ0v) is 20.5. The van der Waals surface area contributed by atoms with E-state index in [0.717, 1.165) is 72.8 Å². The van der Waals surface area contributed by atoms with Crippen molar-refractivity contribution in [1.29, 1.82) is 0 Å². The second-order valence-corrected chi connectivity index (χ2v) is 15.1. The summed E-state index contributed by atoms with van der Waals surface area (Å²) in [4.78, 5) is 9.43. The van der Waals surface area contributed by atoms with E-state index in [9.17, 15) is 0 Å². The number of aryl methyl sites for hydroxylation is 1. The average Bonchev–Trinajstić information content (AvgIpc) is 3.27. The molecule has 1 aliphatic heterocycles. The van der Waals surface area contributed by atoms with E-state index in [0.29, 0.717) is 12.6 Å². The van der Waals surface area contributed by atoms with Gasteiger partial charge in [-0.2, -0.15) is 0 Å².